The van der Waals surface area contributed by atoms with E-state index in [4.69, 9.17) is 10.5 Å². The van der Waals surface area contributed by atoms with Gasteiger partial charge in [0, 0.05) is 11.3 Å². The SMILES string of the molecule is Cc1ccc(OCc2ccc(N)cc2F)c(C(C)(C)C)c1. The molecule has 0 aliphatic heterocycles. The first-order chi connectivity index (χ1) is 9.77. The first kappa shape index (κ1) is 15.4. The third-order valence-corrected chi connectivity index (χ3v) is 3.40. The molecule has 0 aromatic heterocycles. The van der Waals surface area contributed by atoms with Crippen molar-refractivity contribution in [2.24, 2.45) is 0 Å². The van der Waals surface area contributed by atoms with Crippen molar-refractivity contribution in [2.75, 3.05) is 5.73 Å². The first-order valence-electron chi connectivity index (χ1n) is 7.05. The van der Waals surface area contributed by atoms with Gasteiger partial charge in [-0.05, 0) is 36.1 Å². The average Bonchev–Trinajstić information content (AvgIpc) is 2.38. The second-order valence-corrected chi connectivity index (χ2v) is 6.39. The van der Waals surface area contributed by atoms with Gasteiger partial charge in [-0.3, -0.25) is 0 Å². The molecule has 2 aromatic carbocycles. The molecule has 2 nitrogen and oxygen atoms in total. The Kier molecular flexibility index (Phi) is 4.21. The van der Waals surface area contributed by atoms with Gasteiger partial charge in [0.2, 0.25) is 0 Å². The second-order valence-electron chi connectivity index (χ2n) is 6.39. The van der Waals surface area contributed by atoms with Gasteiger partial charge in [-0.25, -0.2) is 4.39 Å². The molecule has 0 saturated heterocycles. The van der Waals surface area contributed by atoms with Crippen molar-refractivity contribution in [1.82, 2.24) is 0 Å². The van der Waals surface area contributed by atoms with Gasteiger partial charge in [0.1, 0.15) is 18.2 Å². The normalized spacial score (nSPS) is 11.5. The molecular weight excluding hydrogens is 265 g/mol. The van der Waals surface area contributed by atoms with E-state index in [-0.39, 0.29) is 17.8 Å². The van der Waals surface area contributed by atoms with Gasteiger partial charge in [-0.2, -0.15) is 0 Å². The molecule has 2 N–H and O–H groups in total. The number of ether oxygens (including phenoxy) is 1. The van der Waals surface area contributed by atoms with Crippen LogP contribution < -0.4 is 10.5 Å². The van der Waals surface area contributed by atoms with Crippen molar-refractivity contribution in [3.63, 3.8) is 0 Å². The molecule has 3 heteroatoms. The van der Waals surface area contributed by atoms with Crippen LogP contribution in [-0.2, 0) is 12.0 Å². The number of nitrogens with two attached hydrogens (primary N) is 1. The fourth-order valence-electron chi connectivity index (χ4n) is 2.19. The van der Waals surface area contributed by atoms with E-state index in [9.17, 15) is 4.39 Å². The minimum absolute atomic E-state index is 0.0268. The number of anilines is 1. The lowest BCUT2D eigenvalue weighted by Crippen LogP contribution is -2.14. The smallest absolute Gasteiger partial charge is 0.131 e. The maximum absolute atomic E-state index is 13.8. The Hall–Kier alpha value is -2.03. The zero-order valence-corrected chi connectivity index (χ0v) is 13.0. The van der Waals surface area contributed by atoms with Crippen molar-refractivity contribution in [3.8, 4) is 5.75 Å². The van der Waals surface area contributed by atoms with E-state index < -0.39 is 0 Å². The maximum atomic E-state index is 13.8. The Bertz CT molecular complexity index is 644. The molecule has 0 aliphatic rings. The summed E-state index contributed by atoms with van der Waals surface area (Å²) in [7, 11) is 0. The lowest BCUT2D eigenvalue weighted by Gasteiger charge is -2.23. The van der Waals surface area contributed by atoms with E-state index in [2.05, 4.69) is 33.8 Å². The van der Waals surface area contributed by atoms with Crippen molar-refractivity contribution in [2.45, 2.75) is 39.7 Å². The van der Waals surface area contributed by atoms with Gasteiger partial charge in [-0.1, -0.05) is 44.5 Å². The van der Waals surface area contributed by atoms with Crippen LogP contribution in [0.15, 0.2) is 36.4 Å². The van der Waals surface area contributed by atoms with Crippen LogP contribution in [-0.4, -0.2) is 0 Å². The van der Waals surface area contributed by atoms with E-state index in [1.54, 1.807) is 12.1 Å². The molecule has 112 valence electrons. The number of halogens is 1. The highest BCUT2D eigenvalue weighted by molar-refractivity contribution is 5.42. The standard InChI is InChI=1S/C18H22FNO/c1-12-5-8-17(15(9-12)18(2,3)4)21-11-13-6-7-14(20)10-16(13)19/h5-10H,11,20H2,1-4H3. The maximum Gasteiger partial charge on any atom is 0.131 e. The van der Waals surface area contributed by atoms with Crippen LogP contribution in [0, 0.1) is 12.7 Å². The molecule has 0 heterocycles. The van der Waals surface area contributed by atoms with Gasteiger partial charge >= 0.3 is 0 Å². The average molecular weight is 287 g/mol. The summed E-state index contributed by atoms with van der Waals surface area (Å²) in [4.78, 5) is 0. The minimum Gasteiger partial charge on any atom is -0.488 e. The lowest BCUT2D eigenvalue weighted by atomic mass is 9.85. The van der Waals surface area contributed by atoms with E-state index >= 15 is 0 Å². The second kappa shape index (κ2) is 5.76. The van der Waals surface area contributed by atoms with Crippen LogP contribution in [0.4, 0.5) is 10.1 Å². The quantitative estimate of drug-likeness (QED) is 0.838. The highest BCUT2D eigenvalue weighted by Crippen LogP contribution is 2.32. The molecule has 0 saturated carbocycles. The predicted octanol–water partition coefficient (Wildman–Crippen LogP) is 4.59. The number of aryl methyl sites for hydroxylation is 1. The predicted molar refractivity (Wildman–Crippen MR) is 85.0 cm³/mol. The van der Waals surface area contributed by atoms with Crippen LogP contribution in [0.3, 0.4) is 0 Å². The van der Waals surface area contributed by atoms with Crippen molar-refractivity contribution in [1.29, 1.82) is 0 Å². The molecule has 0 radical (unpaired) electrons. The Balaban J connectivity index is 2.24. The monoisotopic (exact) mass is 287 g/mol. The molecule has 2 rings (SSSR count). The molecular formula is C18H22FNO. The Labute approximate surface area is 125 Å². The largest absolute Gasteiger partial charge is 0.488 e. The first-order valence-corrected chi connectivity index (χ1v) is 7.05. The third-order valence-electron chi connectivity index (χ3n) is 3.40. The minimum atomic E-state index is -0.334. The van der Waals surface area contributed by atoms with E-state index in [0.717, 1.165) is 11.3 Å². The molecule has 21 heavy (non-hydrogen) atoms. The zero-order valence-electron chi connectivity index (χ0n) is 13.0. The summed E-state index contributed by atoms with van der Waals surface area (Å²) in [6.45, 7) is 8.66. The zero-order chi connectivity index (χ0) is 15.6. The van der Waals surface area contributed by atoms with Crippen LogP contribution in [0.25, 0.3) is 0 Å². The Morgan fingerprint density at radius 3 is 2.43 bits per heavy atom. The number of nitrogen functional groups attached to an aromatic ring is 1. The summed E-state index contributed by atoms with van der Waals surface area (Å²) in [6, 6.07) is 10.7. The number of hydrogen-bond donors (Lipinski definition) is 1. The molecule has 0 aliphatic carbocycles. The Morgan fingerprint density at radius 1 is 1.10 bits per heavy atom. The van der Waals surface area contributed by atoms with Gasteiger partial charge in [0.15, 0.2) is 0 Å². The molecule has 0 atom stereocenters. The van der Waals surface area contributed by atoms with Crippen LogP contribution in [0.5, 0.6) is 5.75 Å². The molecule has 0 bridgehead atoms. The van der Waals surface area contributed by atoms with E-state index in [1.807, 2.05) is 12.1 Å². The summed E-state index contributed by atoms with van der Waals surface area (Å²) < 4.78 is 19.6. The molecule has 2 aromatic rings. The fraction of sp³-hybridized carbons (Fsp3) is 0.333. The number of hydrogen-bond acceptors (Lipinski definition) is 2. The molecule has 0 fully saturated rings. The Morgan fingerprint density at radius 2 is 1.81 bits per heavy atom. The van der Waals surface area contributed by atoms with Gasteiger partial charge in [0.25, 0.3) is 0 Å². The highest BCUT2D eigenvalue weighted by Gasteiger charge is 2.19. The van der Waals surface area contributed by atoms with Crippen molar-refractivity contribution in [3.05, 3.63) is 58.9 Å². The van der Waals surface area contributed by atoms with Crippen molar-refractivity contribution < 1.29 is 9.13 Å². The molecule has 0 unspecified atom stereocenters. The highest BCUT2D eigenvalue weighted by atomic mass is 19.1. The summed E-state index contributed by atoms with van der Waals surface area (Å²) in [5, 5.41) is 0. The third kappa shape index (κ3) is 3.75. The molecule has 0 spiro atoms. The van der Waals surface area contributed by atoms with Crippen LogP contribution in [0.2, 0.25) is 0 Å². The topological polar surface area (TPSA) is 35.2 Å². The number of rotatable bonds is 3. The summed E-state index contributed by atoms with van der Waals surface area (Å²) in [5.74, 6) is 0.462. The van der Waals surface area contributed by atoms with Crippen LogP contribution in [0.1, 0.15) is 37.5 Å². The van der Waals surface area contributed by atoms with Crippen LogP contribution >= 0.6 is 0 Å². The fourth-order valence-corrected chi connectivity index (χ4v) is 2.19. The van der Waals surface area contributed by atoms with E-state index in [0.29, 0.717) is 11.3 Å². The summed E-state index contributed by atoms with van der Waals surface area (Å²) in [5.41, 5.74) is 8.76. The van der Waals surface area contributed by atoms with E-state index in [1.165, 1.54) is 11.6 Å². The summed E-state index contributed by atoms with van der Waals surface area (Å²) >= 11 is 0. The van der Waals surface area contributed by atoms with Crippen molar-refractivity contribution >= 4 is 5.69 Å². The van der Waals surface area contributed by atoms with Gasteiger partial charge < -0.3 is 10.5 Å². The lowest BCUT2D eigenvalue weighted by molar-refractivity contribution is 0.291. The van der Waals surface area contributed by atoms with Gasteiger partial charge in [0.05, 0.1) is 0 Å². The summed E-state index contributed by atoms with van der Waals surface area (Å²) in [6.07, 6.45) is 0. The number of benzene rings is 2. The van der Waals surface area contributed by atoms with Gasteiger partial charge in [-0.15, -0.1) is 0 Å². The molecule has 0 amide bonds.